The normalized spacial score (nSPS) is 19.9. The lowest BCUT2D eigenvalue weighted by atomic mass is 10.0. The summed E-state index contributed by atoms with van der Waals surface area (Å²) in [5.41, 5.74) is 0. The molecule has 0 amide bonds. The molecule has 1 heterocycles. The summed E-state index contributed by atoms with van der Waals surface area (Å²) in [5.74, 6) is -0.288. The number of nitrogens with one attached hydrogen (secondary N) is 1. The average molecular weight is 219 g/mol. The van der Waals surface area contributed by atoms with Gasteiger partial charge in [-0.15, -0.1) is 0 Å². The first-order valence-electron chi connectivity index (χ1n) is 4.94. The maximum absolute atomic E-state index is 11.6. The van der Waals surface area contributed by atoms with Gasteiger partial charge in [0, 0.05) is 5.92 Å². The lowest BCUT2D eigenvalue weighted by Gasteiger charge is -2.21. The third-order valence-corrected chi connectivity index (χ3v) is 4.71. The zero-order chi connectivity index (χ0) is 10.8. The van der Waals surface area contributed by atoms with Crippen LogP contribution < -0.4 is 5.32 Å². The van der Waals surface area contributed by atoms with Crippen molar-refractivity contribution in [1.82, 2.24) is 5.32 Å². The smallest absolute Gasteiger partial charge is 0.249 e. The molecule has 1 aliphatic rings. The highest BCUT2D eigenvalue weighted by Crippen LogP contribution is 2.18. The van der Waals surface area contributed by atoms with Crippen LogP contribution in [-0.4, -0.2) is 31.9 Å². The second kappa shape index (κ2) is 4.40. The van der Waals surface area contributed by atoms with Gasteiger partial charge in [0.2, 0.25) is 15.0 Å². The molecule has 1 rings (SSSR count). The molecule has 1 fully saturated rings. The predicted molar refractivity (Wildman–Crippen MR) is 54.7 cm³/mol. The monoisotopic (exact) mass is 219 g/mol. The van der Waals surface area contributed by atoms with Gasteiger partial charge in [0.05, 0.1) is 5.25 Å². The fraction of sp³-hybridized carbons (Fsp3) is 0.889. The molecule has 0 aliphatic carbocycles. The molecule has 14 heavy (non-hydrogen) atoms. The van der Waals surface area contributed by atoms with Crippen LogP contribution in [0.3, 0.4) is 0 Å². The van der Waals surface area contributed by atoms with Crippen molar-refractivity contribution < 1.29 is 13.2 Å². The van der Waals surface area contributed by atoms with Crippen LogP contribution in [0.25, 0.3) is 0 Å². The molecule has 5 heteroatoms. The highest BCUT2D eigenvalue weighted by Gasteiger charge is 2.33. The molecular formula is C9H17NO3S. The number of piperidine rings is 1. The van der Waals surface area contributed by atoms with Gasteiger partial charge in [-0.3, -0.25) is 4.79 Å². The standard InChI is InChI=1S/C9H17NO3S/c1-7(2)14(12,13)9(11)8-3-5-10-6-4-8/h7-8,10H,3-6H2,1-2H3. The van der Waals surface area contributed by atoms with Gasteiger partial charge in [0.1, 0.15) is 0 Å². The summed E-state index contributed by atoms with van der Waals surface area (Å²) in [7, 11) is -3.54. The summed E-state index contributed by atoms with van der Waals surface area (Å²) >= 11 is 0. The molecule has 0 atom stereocenters. The van der Waals surface area contributed by atoms with Crippen molar-refractivity contribution in [3.63, 3.8) is 0 Å². The van der Waals surface area contributed by atoms with E-state index in [1.165, 1.54) is 0 Å². The minimum Gasteiger partial charge on any atom is -0.317 e. The average Bonchev–Trinajstić information content (AvgIpc) is 2.17. The van der Waals surface area contributed by atoms with Crippen molar-refractivity contribution in [1.29, 1.82) is 0 Å². The molecule has 0 radical (unpaired) electrons. The topological polar surface area (TPSA) is 63.2 Å². The largest absolute Gasteiger partial charge is 0.317 e. The Bertz CT molecular complexity index is 302. The van der Waals surface area contributed by atoms with E-state index in [0.29, 0.717) is 12.8 Å². The number of hydrogen-bond donors (Lipinski definition) is 1. The molecule has 1 N–H and O–H groups in total. The van der Waals surface area contributed by atoms with Crippen molar-refractivity contribution in [3.8, 4) is 0 Å². The van der Waals surface area contributed by atoms with Crippen molar-refractivity contribution >= 4 is 15.0 Å². The van der Waals surface area contributed by atoms with E-state index >= 15 is 0 Å². The third-order valence-electron chi connectivity index (χ3n) is 2.57. The fourth-order valence-electron chi connectivity index (χ4n) is 1.52. The Balaban J connectivity index is 2.73. The first kappa shape index (κ1) is 11.7. The summed E-state index contributed by atoms with van der Waals surface area (Å²) < 4.78 is 23.1. The van der Waals surface area contributed by atoms with Gasteiger partial charge >= 0.3 is 0 Å². The molecule has 1 saturated heterocycles. The van der Waals surface area contributed by atoms with E-state index < -0.39 is 20.2 Å². The number of hydrogen-bond acceptors (Lipinski definition) is 4. The summed E-state index contributed by atoms with van der Waals surface area (Å²) in [5, 5.41) is 1.95. The minimum absolute atomic E-state index is 0.288. The molecule has 0 bridgehead atoms. The lowest BCUT2D eigenvalue weighted by Crippen LogP contribution is -2.37. The van der Waals surface area contributed by atoms with Crippen molar-refractivity contribution in [2.75, 3.05) is 13.1 Å². The van der Waals surface area contributed by atoms with Gasteiger partial charge in [-0.1, -0.05) is 0 Å². The highest BCUT2D eigenvalue weighted by molar-refractivity contribution is 8.06. The Labute approximate surface area is 85.0 Å². The minimum atomic E-state index is -3.54. The Hall–Kier alpha value is -0.420. The van der Waals surface area contributed by atoms with Gasteiger partial charge in [0.25, 0.3) is 0 Å². The first-order chi connectivity index (χ1) is 6.46. The maximum Gasteiger partial charge on any atom is 0.249 e. The highest BCUT2D eigenvalue weighted by atomic mass is 32.2. The van der Waals surface area contributed by atoms with E-state index in [1.807, 2.05) is 0 Å². The van der Waals surface area contributed by atoms with Crippen molar-refractivity contribution in [2.45, 2.75) is 31.9 Å². The lowest BCUT2D eigenvalue weighted by molar-refractivity contribution is -0.115. The van der Waals surface area contributed by atoms with Crippen molar-refractivity contribution in [2.24, 2.45) is 5.92 Å². The number of carbonyl (C=O) groups excluding carboxylic acids is 1. The molecular weight excluding hydrogens is 202 g/mol. The van der Waals surface area contributed by atoms with E-state index in [9.17, 15) is 13.2 Å². The molecule has 82 valence electrons. The Morgan fingerprint density at radius 3 is 2.21 bits per heavy atom. The second-order valence-corrected chi connectivity index (χ2v) is 6.37. The summed E-state index contributed by atoms with van der Waals surface area (Å²) in [6, 6.07) is 0. The first-order valence-corrected chi connectivity index (χ1v) is 6.49. The zero-order valence-electron chi connectivity index (χ0n) is 8.62. The molecule has 0 spiro atoms. The van der Waals surface area contributed by atoms with E-state index in [2.05, 4.69) is 5.32 Å². The van der Waals surface area contributed by atoms with E-state index in [1.54, 1.807) is 13.8 Å². The van der Waals surface area contributed by atoms with Crippen LogP contribution in [0.15, 0.2) is 0 Å². The quantitative estimate of drug-likeness (QED) is 0.727. The van der Waals surface area contributed by atoms with Crippen LogP contribution in [-0.2, 0) is 14.6 Å². The van der Waals surface area contributed by atoms with Gasteiger partial charge in [-0.05, 0) is 39.8 Å². The van der Waals surface area contributed by atoms with E-state index in [0.717, 1.165) is 13.1 Å². The molecule has 0 aromatic carbocycles. The Kier molecular flexibility index (Phi) is 3.66. The van der Waals surface area contributed by atoms with Gasteiger partial charge < -0.3 is 5.32 Å². The SMILES string of the molecule is CC(C)S(=O)(=O)C(=O)C1CCNCC1. The number of rotatable bonds is 2. The summed E-state index contributed by atoms with van der Waals surface area (Å²) in [6.45, 7) is 4.58. The third kappa shape index (κ3) is 2.33. The number of sulfone groups is 1. The molecule has 0 unspecified atom stereocenters. The van der Waals surface area contributed by atoms with E-state index in [4.69, 9.17) is 0 Å². The van der Waals surface area contributed by atoms with Gasteiger partial charge in [-0.2, -0.15) is 0 Å². The van der Waals surface area contributed by atoms with Gasteiger partial charge in [-0.25, -0.2) is 8.42 Å². The van der Waals surface area contributed by atoms with Crippen LogP contribution in [0.2, 0.25) is 0 Å². The summed E-state index contributed by atoms with van der Waals surface area (Å²) in [4.78, 5) is 11.6. The molecule has 0 aromatic rings. The van der Waals surface area contributed by atoms with E-state index in [-0.39, 0.29) is 5.92 Å². The Morgan fingerprint density at radius 2 is 1.79 bits per heavy atom. The molecule has 0 aromatic heterocycles. The van der Waals surface area contributed by atoms with Crippen LogP contribution >= 0.6 is 0 Å². The molecule has 4 nitrogen and oxygen atoms in total. The Morgan fingerprint density at radius 1 is 1.29 bits per heavy atom. The van der Waals surface area contributed by atoms with Crippen LogP contribution in [0.5, 0.6) is 0 Å². The van der Waals surface area contributed by atoms with Crippen LogP contribution in [0, 0.1) is 5.92 Å². The predicted octanol–water partition coefficient (Wildman–Crippen LogP) is 0.336. The zero-order valence-corrected chi connectivity index (χ0v) is 9.43. The molecule has 0 saturated carbocycles. The van der Waals surface area contributed by atoms with Crippen molar-refractivity contribution in [3.05, 3.63) is 0 Å². The second-order valence-electron chi connectivity index (χ2n) is 3.94. The fourth-order valence-corrected chi connectivity index (χ4v) is 2.69. The van der Waals surface area contributed by atoms with Crippen LogP contribution in [0.4, 0.5) is 0 Å². The maximum atomic E-state index is 11.6. The van der Waals surface area contributed by atoms with Gasteiger partial charge in [0.15, 0.2) is 0 Å². The number of carbonyl (C=O) groups is 1. The molecule has 1 aliphatic heterocycles. The van der Waals surface area contributed by atoms with Crippen LogP contribution in [0.1, 0.15) is 26.7 Å². The summed E-state index contributed by atoms with van der Waals surface area (Å²) in [6.07, 6.45) is 1.29.